The van der Waals surface area contributed by atoms with E-state index >= 15 is 0 Å². The lowest BCUT2D eigenvalue weighted by Crippen LogP contribution is -2.52. The van der Waals surface area contributed by atoms with Crippen LogP contribution in [0.2, 0.25) is 0 Å². The molecule has 2 heterocycles. The summed E-state index contributed by atoms with van der Waals surface area (Å²) in [4.78, 5) is 42.9. The van der Waals surface area contributed by atoms with Crippen molar-refractivity contribution >= 4 is 23.5 Å². The Labute approximate surface area is 170 Å². The van der Waals surface area contributed by atoms with E-state index in [1.165, 1.54) is 12.1 Å². The Bertz CT molecular complexity index is 754. The number of amides is 4. The second kappa shape index (κ2) is 8.80. The smallest absolute Gasteiger partial charge is 0.325 e. The van der Waals surface area contributed by atoms with Crippen LogP contribution in [0.4, 0.5) is 14.9 Å². The number of halogens is 1. The normalized spacial score (nSPS) is 18.9. The number of carbonyl (C=O) groups excluding carboxylic acids is 3. The van der Waals surface area contributed by atoms with Gasteiger partial charge in [0.2, 0.25) is 5.91 Å². The number of rotatable bonds is 7. The maximum atomic E-state index is 13.1. The number of urea groups is 1. The Balaban J connectivity index is 1.58. The average Bonchev–Trinajstić information content (AvgIpc) is 2.93. The van der Waals surface area contributed by atoms with Crippen LogP contribution in [0.15, 0.2) is 24.3 Å². The molecule has 158 valence electrons. The summed E-state index contributed by atoms with van der Waals surface area (Å²) in [6, 6.07) is 5.81. The summed E-state index contributed by atoms with van der Waals surface area (Å²) in [6.45, 7) is 5.96. The van der Waals surface area contributed by atoms with Crippen LogP contribution in [-0.4, -0.2) is 65.9 Å². The second-order valence-electron chi connectivity index (χ2n) is 7.75. The molecule has 2 saturated heterocycles. The molecular weight excluding hydrogens is 375 g/mol. The summed E-state index contributed by atoms with van der Waals surface area (Å²) in [6.07, 6.45) is 2.71. The van der Waals surface area contributed by atoms with Crippen LogP contribution in [0.1, 0.15) is 39.5 Å². The van der Waals surface area contributed by atoms with Crippen molar-refractivity contribution in [3.63, 3.8) is 0 Å². The van der Waals surface area contributed by atoms with Crippen LogP contribution in [0, 0.1) is 5.82 Å². The highest BCUT2D eigenvalue weighted by Crippen LogP contribution is 2.28. The highest BCUT2D eigenvalue weighted by Gasteiger charge is 2.50. The molecular formula is C21H29FN4O3. The molecule has 0 spiro atoms. The van der Waals surface area contributed by atoms with Crippen LogP contribution in [0.25, 0.3) is 0 Å². The maximum Gasteiger partial charge on any atom is 0.325 e. The predicted octanol–water partition coefficient (Wildman–Crippen LogP) is 2.37. The molecule has 2 aliphatic heterocycles. The van der Waals surface area contributed by atoms with Gasteiger partial charge in [-0.3, -0.25) is 14.5 Å². The van der Waals surface area contributed by atoms with E-state index in [9.17, 15) is 18.8 Å². The molecule has 2 fully saturated rings. The van der Waals surface area contributed by atoms with Gasteiger partial charge in [-0.15, -0.1) is 0 Å². The van der Waals surface area contributed by atoms with Gasteiger partial charge in [0.1, 0.15) is 17.9 Å². The Morgan fingerprint density at radius 2 is 1.62 bits per heavy atom. The fourth-order valence-electron chi connectivity index (χ4n) is 4.24. The monoisotopic (exact) mass is 404 g/mol. The van der Waals surface area contributed by atoms with Gasteiger partial charge in [0.15, 0.2) is 0 Å². The molecule has 8 heteroatoms. The Hall–Kier alpha value is -2.64. The first-order valence-electron chi connectivity index (χ1n) is 10.3. The minimum atomic E-state index is -0.873. The maximum absolute atomic E-state index is 13.1. The number of nitrogens with one attached hydrogen (secondary N) is 1. The first-order chi connectivity index (χ1) is 13.9. The minimum Gasteiger partial charge on any atom is -0.368 e. The summed E-state index contributed by atoms with van der Waals surface area (Å²) in [5, 5.41) is 2.84. The van der Waals surface area contributed by atoms with E-state index in [-0.39, 0.29) is 24.2 Å². The number of piperazine rings is 1. The number of hydrogen-bond acceptors (Lipinski definition) is 4. The lowest BCUT2D eigenvalue weighted by atomic mass is 9.88. The zero-order valence-electron chi connectivity index (χ0n) is 17.1. The Morgan fingerprint density at radius 1 is 1.03 bits per heavy atom. The Morgan fingerprint density at radius 3 is 2.17 bits per heavy atom. The van der Waals surface area contributed by atoms with E-state index in [0.717, 1.165) is 23.4 Å². The molecule has 0 radical (unpaired) electrons. The van der Waals surface area contributed by atoms with E-state index in [0.29, 0.717) is 39.0 Å². The zero-order chi connectivity index (χ0) is 21.0. The van der Waals surface area contributed by atoms with Gasteiger partial charge in [-0.1, -0.05) is 26.7 Å². The van der Waals surface area contributed by atoms with Crippen molar-refractivity contribution in [3.05, 3.63) is 30.1 Å². The molecule has 1 N–H and O–H groups in total. The summed E-state index contributed by atoms with van der Waals surface area (Å²) in [7, 11) is 0. The van der Waals surface area contributed by atoms with E-state index in [1.807, 2.05) is 13.8 Å². The van der Waals surface area contributed by atoms with Gasteiger partial charge in [0.25, 0.3) is 5.91 Å². The van der Waals surface area contributed by atoms with Crippen LogP contribution in [0.3, 0.4) is 0 Å². The SMILES string of the molecule is CCCC1(CCC)NC(=O)N(CC(=O)N2CCN(c3ccc(F)cc3)CC2)C1=O. The highest BCUT2D eigenvalue weighted by atomic mass is 19.1. The summed E-state index contributed by atoms with van der Waals surface area (Å²) in [5.74, 6) is -0.793. The van der Waals surface area contributed by atoms with Crippen molar-refractivity contribution in [3.8, 4) is 0 Å². The van der Waals surface area contributed by atoms with Crippen LogP contribution in [-0.2, 0) is 9.59 Å². The van der Waals surface area contributed by atoms with Crippen LogP contribution in [0.5, 0.6) is 0 Å². The fourth-order valence-corrected chi connectivity index (χ4v) is 4.24. The molecule has 0 aliphatic carbocycles. The largest absolute Gasteiger partial charge is 0.368 e. The highest BCUT2D eigenvalue weighted by molar-refractivity contribution is 6.09. The quantitative estimate of drug-likeness (QED) is 0.708. The van der Waals surface area contributed by atoms with E-state index in [2.05, 4.69) is 10.2 Å². The van der Waals surface area contributed by atoms with Gasteiger partial charge in [-0.25, -0.2) is 9.18 Å². The lowest BCUT2D eigenvalue weighted by molar-refractivity contribution is -0.139. The van der Waals surface area contributed by atoms with Crippen molar-refractivity contribution in [1.82, 2.24) is 15.1 Å². The van der Waals surface area contributed by atoms with Crippen molar-refractivity contribution in [2.24, 2.45) is 0 Å². The van der Waals surface area contributed by atoms with Crippen molar-refractivity contribution in [2.75, 3.05) is 37.6 Å². The summed E-state index contributed by atoms with van der Waals surface area (Å²) in [5.41, 5.74) is 0.0406. The van der Waals surface area contributed by atoms with E-state index in [1.54, 1.807) is 17.0 Å². The number of nitrogens with zero attached hydrogens (tertiary/aromatic N) is 3. The molecule has 0 saturated carbocycles. The first kappa shape index (κ1) is 21.1. The van der Waals surface area contributed by atoms with Crippen molar-refractivity contribution in [2.45, 2.75) is 45.1 Å². The number of benzene rings is 1. The minimum absolute atomic E-state index is 0.226. The van der Waals surface area contributed by atoms with Crippen LogP contribution >= 0.6 is 0 Å². The average molecular weight is 404 g/mol. The van der Waals surface area contributed by atoms with Crippen LogP contribution < -0.4 is 10.2 Å². The first-order valence-corrected chi connectivity index (χ1v) is 10.3. The molecule has 7 nitrogen and oxygen atoms in total. The Kier molecular flexibility index (Phi) is 6.39. The van der Waals surface area contributed by atoms with Gasteiger partial charge in [-0.05, 0) is 37.1 Å². The molecule has 0 aromatic heterocycles. The topological polar surface area (TPSA) is 73.0 Å². The third-order valence-electron chi connectivity index (χ3n) is 5.72. The number of anilines is 1. The molecule has 1 aromatic carbocycles. The molecule has 29 heavy (non-hydrogen) atoms. The molecule has 0 bridgehead atoms. The zero-order valence-corrected chi connectivity index (χ0v) is 17.1. The standard InChI is InChI=1S/C21H29FN4O3/c1-3-9-21(10-4-2)19(28)26(20(29)23-21)15-18(27)25-13-11-24(12-14-25)17-7-5-16(22)6-8-17/h5-8H,3-4,9-15H2,1-2H3,(H,23,29). The van der Waals surface area contributed by atoms with Gasteiger partial charge >= 0.3 is 6.03 Å². The fraction of sp³-hybridized carbons (Fsp3) is 0.571. The van der Waals surface area contributed by atoms with Gasteiger partial charge in [0, 0.05) is 31.9 Å². The molecule has 0 unspecified atom stereocenters. The van der Waals surface area contributed by atoms with E-state index in [4.69, 9.17) is 0 Å². The molecule has 1 aromatic rings. The molecule has 4 amide bonds. The predicted molar refractivity (Wildman–Crippen MR) is 108 cm³/mol. The molecule has 3 rings (SSSR count). The van der Waals surface area contributed by atoms with E-state index < -0.39 is 11.6 Å². The van der Waals surface area contributed by atoms with Crippen molar-refractivity contribution in [1.29, 1.82) is 0 Å². The third kappa shape index (κ3) is 4.36. The number of hydrogen-bond donors (Lipinski definition) is 1. The molecule has 0 atom stereocenters. The van der Waals surface area contributed by atoms with Gasteiger partial charge < -0.3 is 15.1 Å². The molecule has 2 aliphatic rings. The second-order valence-corrected chi connectivity index (χ2v) is 7.75. The van der Waals surface area contributed by atoms with Crippen molar-refractivity contribution < 1.29 is 18.8 Å². The number of imide groups is 1. The lowest BCUT2D eigenvalue weighted by Gasteiger charge is -2.36. The third-order valence-corrected chi connectivity index (χ3v) is 5.72. The summed E-state index contributed by atoms with van der Waals surface area (Å²) < 4.78 is 13.1. The van der Waals surface area contributed by atoms with Gasteiger partial charge in [-0.2, -0.15) is 0 Å². The summed E-state index contributed by atoms with van der Waals surface area (Å²) >= 11 is 0. The number of carbonyl (C=O) groups is 3. The van der Waals surface area contributed by atoms with Gasteiger partial charge in [0.05, 0.1) is 0 Å².